The standard InChI is InChI=1S/C10H6FN3/c11-9-4-2-1-3-7(9)8(5-12)10(14)6-13/h1-4H,14H2/b10-8+. The SMILES string of the molecule is N#C/C(N)=C(/C#N)c1ccccc1F. The minimum Gasteiger partial charge on any atom is -0.389 e. The maximum atomic E-state index is 13.2. The third kappa shape index (κ3) is 1.70. The lowest BCUT2D eigenvalue weighted by atomic mass is 10.1. The van der Waals surface area contributed by atoms with Crippen LogP contribution in [-0.4, -0.2) is 0 Å². The van der Waals surface area contributed by atoms with Crippen molar-refractivity contribution in [2.45, 2.75) is 0 Å². The molecule has 0 aliphatic rings. The van der Waals surface area contributed by atoms with Crippen molar-refractivity contribution in [1.82, 2.24) is 0 Å². The van der Waals surface area contributed by atoms with E-state index in [1.165, 1.54) is 18.2 Å². The Morgan fingerprint density at radius 3 is 2.36 bits per heavy atom. The van der Waals surface area contributed by atoms with Crippen LogP contribution in [0, 0.1) is 28.5 Å². The molecule has 0 fully saturated rings. The molecule has 0 heterocycles. The smallest absolute Gasteiger partial charge is 0.131 e. The predicted molar refractivity (Wildman–Crippen MR) is 48.7 cm³/mol. The van der Waals surface area contributed by atoms with Gasteiger partial charge < -0.3 is 5.73 Å². The zero-order chi connectivity index (χ0) is 10.6. The highest BCUT2D eigenvalue weighted by Crippen LogP contribution is 2.18. The molecule has 0 aromatic heterocycles. The first-order valence-corrected chi connectivity index (χ1v) is 3.75. The van der Waals surface area contributed by atoms with Crippen molar-refractivity contribution in [2.24, 2.45) is 5.73 Å². The normalized spacial score (nSPS) is 11.1. The Morgan fingerprint density at radius 1 is 1.21 bits per heavy atom. The van der Waals surface area contributed by atoms with E-state index >= 15 is 0 Å². The van der Waals surface area contributed by atoms with E-state index < -0.39 is 5.82 Å². The molecule has 0 aliphatic heterocycles. The second kappa shape index (κ2) is 4.06. The van der Waals surface area contributed by atoms with Crippen LogP contribution in [0.15, 0.2) is 30.0 Å². The number of allylic oxidation sites excluding steroid dienone is 2. The van der Waals surface area contributed by atoms with Gasteiger partial charge in [0.1, 0.15) is 23.7 Å². The zero-order valence-electron chi connectivity index (χ0n) is 7.16. The number of nitriles is 2. The molecule has 14 heavy (non-hydrogen) atoms. The van der Waals surface area contributed by atoms with Crippen molar-refractivity contribution in [2.75, 3.05) is 0 Å². The Labute approximate surface area is 80.5 Å². The van der Waals surface area contributed by atoms with Crippen molar-refractivity contribution in [3.8, 4) is 12.1 Å². The van der Waals surface area contributed by atoms with Gasteiger partial charge in [-0.25, -0.2) is 4.39 Å². The van der Waals surface area contributed by atoms with Crippen molar-refractivity contribution < 1.29 is 4.39 Å². The number of nitrogens with two attached hydrogens (primary N) is 1. The number of hydrogen-bond donors (Lipinski definition) is 1. The summed E-state index contributed by atoms with van der Waals surface area (Å²) in [5.41, 5.74) is 4.89. The molecular formula is C10H6FN3. The van der Waals surface area contributed by atoms with Gasteiger partial charge in [-0.05, 0) is 6.07 Å². The van der Waals surface area contributed by atoms with Crippen LogP contribution < -0.4 is 5.73 Å². The summed E-state index contributed by atoms with van der Waals surface area (Å²) in [4.78, 5) is 0. The van der Waals surface area contributed by atoms with Crippen LogP contribution in [0.4, 0.5) is 4.39 Å². The zero-order valence-corrected chi connectivity index (χ0v) is 7.16. The maximum absolute atomic E-state index is 13.2. The molecule has 0 atom stereocenters. The lowest BCUT2D eigenvalue weighted by Crippen LogP contribution is -2.00. The van der Waals surface area contributed by atoms with Gasteiger partial charge in [-0.3, -0.25) is 0 Å². The fourth-order valence-corrected chi connectivity index (χ4v) is 0.985. The predicted octanol–water partition coefficient (Wildman–Crippen LogP) is 1.54. The van der Waals surface area contributed by atoms with E-state index in [1.807, 2.05) is 0 Å². The van der Waals surface area contributed by atoms with Gasteiger partial charge in [-0.1, -0.05) is 18.2 Å². The van der Waals surface area contributed by atoms with Gasteiger partial charge in [-0.2, -0.15) is 10.5 Å². The molecule has 0 amide bonds. The van der Waals surface area contributed by atoms with Crippen LogP contribution >= 0.6 is 0 Å². The van der Waals surface area contributed by atoms with Crippen molar-refractivity contribution in [3.63, 3.8) is 0 Å². The molecule has 1 aromatic rings. The topological polar surface area (TPSA) is 73.6 Å². The molecule has 1 aromatic carbocycles. The second-order valence-electron chi connectivity index (χ2n) is 2.49. The molecule has 0 bridgehead atoms. The van der Waals surface area contributed by atoms with Gasteiger partial charge in [0.25, 0.3) is 0 Å². The quantitative estimate of drug-likeness (QED) is 0.677. The summed E-state index contributed by atoms with van der Waals surface area (Å²) < 4.78 is 13.2. The first-order valence-electron chi connectivity index (χ1n) is 3.75. The summed E-state index contributed by atoms with van der Waals surface area (Å²) in [5, 5.41) is 17.2. The van der Waals surface area contributed by atoms with Crippen LogP contribution in [0.25, 0.3) is 5.57 Å². The lowest BCUT2D eigenvalue weighted by molar-refractivity contribution is 0.624. The molecule has 0 aliphatic carbocycles. The minimum atomic E-state index is -0.567. The Kier molecular flexibility index (Phi) is 2.83. The fourth-order valence-electron chi connectivity index (χ4n) is 0.985. The van der Waals surface area contributed by atoms with Gasteiger partial charge in [0.15, 0.2) is 0 Å². The molecule has 0 unspecified atom stereocenters. The molecule has 0 saturated heterocycles. The first kappa shape index (κ1) is 9.76. The van der Waals surface area contributed by atoms with Gasteiger partial charge in [0.2, 0.25) is 0 Å². The molecule has 0 spiro atoms. The maximum Gasteiger partial charge on any atom is 0.131 e. The van der Waals surface area contributed by atoms with Gasteiger partial charge >= 0.3 is 0 Å². The monoisotopic (exact) mass is 187 g/mol. The lowest BCUT2D eigenvalue weighted by Gasteiger charge is -2.00. The van der Waals surface area contributed by atoms with Crippen LogP contribution in [0.3, 0.4) is 0 Å². The van der Waals surface area contributed by atoms with E-state index in [-0.39, 0.29) is 16.8 Å². The average molecular weight is 187 g/mol. The number of halogens is 1. The molecule has 1 rings (SSSR count). The van der Waals surface area contributed by atoms with Gasteiger partial charge in [0.05, 0.1) is 5.57 Å². The largest absolute Gasteiger partial charge is 0.389 e. The van der Waals surface area contributed by atoms with E-state index in [9.17, 15) is 4.39 Å². The summed E-state index contributed by atoms with van der Waals surface area (Å²) in [5.74, 6) is -0.567. The second-order valence-corrected chi connectivity index (χ2v) is 2.49. The van der Waals surface area contributed by atoms with E-state index in [0.29, 0.717) is 0 Å². The minimum absolute atomic E-state index is 0.0500. The third-order valence-electron chi connectivity index (χ3n) is 1.64. The van der Waals surface area contributed by atoms with Crippen LogP contribution in [0.2, 0.25) is 0 Å². The van der Waals surface area contributed by atoms with E-state index in [1.54, 1.807) is 18.2 Å². The fraction of sp³-hybridized carbons (Fsp3) is 0. The molecule has 0 saturated carbocycles. The van der Waals surface area contributed by atoms with Crippen LogP contribution in [-0.2, 0) is 0 Å². The van der Waals surface area contributed by atoms with Gasteiger partial charge in [0, 0.05) is 5.56 Å². The summed E-state index contributed by atoms with van der Waals surface area (Å²) in [6.45, 7) is 0. The van der Waals surface area contributed by atoms with Crippen molar-refractivity contribution in [3.05, 3.63) is 41.3 Å². The highest BCUT2D eigenvalue weighted by Gasteiger charge is 2.10. The Bertz CT molecular complexity index is 463. The molecule has 0 radical (unpaired) electrons. The van der Waals surface area contributed by atoms with E-state index in [0.717, 1.165) is 0 Å². The van der Waals surface area contributed by atoms with Crippen molar-refractivity contribution >= 4 is 5.57 Å². The van der Waals surface area contributed by atoms with Gasteiger partial charge in [-0.15, -0.1) is 0 Å². The van der Waals surface area contributed by atoms with Crippen molar-refractivity contribution in [1.29, 1.82) is 10.5 Å². The van der Waals surface area contributed by atoms with Crippen LogP contribution in [0.5, 0.6) is 0 Å². The Hall–Kier alpha value is -2.33. The Morgan fingerprint density at radius 2 is 1.86 bits per heavy atom. The molecule has 2 N–H and O–H groups in total. The number of rotatable bonds is 1. The van der Waals surface area contributed by atoms with Crippen LogP contribution in [0.1, 0.15) is 5.56 Å². The molecular weight excluding hydrogens is 181 g/mol. The molecule has 68 valence electrons. The van der Waals surface area contributed by atoms with E-state index in [4.69, 9.17) is 16.3 Å². The summed E-state index contributed by atoms with van der Waals surface area (Å²) in [7, 11) is 0. The average Bonchev–Trinajstić information content (AvgIpc) is 2.21. The summed E-state index contributed by atoms with van der Waals surface area (Å²) >= 11 is 0. The van der Waals surface area contributed by atoms with E-state index in [2.05, 4.69) is 0 Å². The first-order chi connectivity index (χ1) is 6.70. The number of benzene rings is 1. The summed E-state index contributed by atoms with van der Waals surface area (Å²) in [6.07, 6.45) is 0. The highest BCUT2D eigenvalue weighted by atomic mass is 19.1. The molecule has 3 nitrogen and oxygen atoms in total. The Balaban J connectivity index is 3.39. The third-order valence-corrected chi connectivity index (χ3v) is 1.64. The highest BCUT2D eigenvalue weighted by molar-refractivity contribution is 5.81. The number of hydrogen-bond acceptors (Lipinski definition) is 3. The molecule has 4 heteroatoms. The number of nitrogens with zero attached hydrogens (tertiary/aromatic N) is 2. The summed E-state index contributed by atoms with van der Waals surface area (Å²) in [6, 6.07) is 8.98.